The summed E-state index contributed by atoms with van der Waals surface area (Å²) >= 11 is 0. The largest absolute Gasteiger partial charge is 0.377 e. The summed E-state index contributed by atoms with van der Waals surface area (Å²) in [6.45, 7) is 5.08. The van der Waals surface area contributed by atoms with Gasteiger partial charge in [0.2, 0.25) is 5.91 Å². The molecule has 0 radical (unpaired) electrons. The number of ether oxygens (including phenoxy) is 2. The van der Waals surface area contributed by atoms with E-state index in [1.165, 1.54) is 0 Å². The summed E-state index contributed by atoms with van der Waals surface area (Å²) in [5.41, 5.74) is 5.57. The second kappa shape index (κ2) is 5.80. The number of hydrogen-bond acceptors (Lipinski definition) is 4. The lowest BCUT2D eigenvalue weighted by molar-refractivity contribution is -0.131. The third-order valence-electron chi connectivity index (χ3n) is 3.16. The van der Waals surface area contributed by atoms with Gasteiger partial charge in [-0.25, -0.2) is 0 Å². The second-order valence-corrected chi connectivity index (χ2v) is 5.34. The number of amides is 1. The zero-order valence-electron chi connectivity index (χ0n) is 11.2. The average molecular weight is 244 g/mol. The zero-order valence-corrected chi connectivity index (χ0v) is 11.2. The van der Waals surface area contributed by atoms with Crippen molar-refractivity contribution in [3.63, 3.8) is 0 Å². The lowest BCUT2D eigenvalue weighted by Crippen LogP contribution is -2.36. The van der Waals surface area contributed by atoms with Crippen molar-refractivity contribution in [2.45, 2.75) is 44.4 Å². The number of carbonyl (C=O) groups is 1. The summed E-state index contributed by atoms with van der Waals surface area (Å²) in [4.78, 5) is 13.8. The fraction of sp³-hybridized carbons (Fsp3) is 0.917. The highest BCUT2D eigenvalue weighted by molar-refractivity contribution is 5.76. The van der Waals surface area contributed by atoms with Crippen molar-refractivity contribution in [2.24, 2.45) is 5.73 Å². The molecule has 1 rings (SSSR count). The Morgan fingerprint density at radius 3 is 2.12 bits per heavy atom. The number of nitrogens with two attached hydrogens (primary N) is 1. The number of carbonyl (C=O) groups excluding carboxylic acids is 1. The van der Waals surface area contributed by atoms with Crippen molar-refractivity contribution < 1.29 is 14.3 Å². The van der Waals surface area contributed by atoms with E-state index in [-0.39, 0.29) is 23.7 Å². The molecule has 100 valence electrons. The van der Waals surface area contributed by atoms with Gasteiger partial charge >= 0.3 is 0 Å². The molecule has 0 aromatic carbocycles. The normalized spacial score (nSPS) is 25.4. The number of rotatable bonds is 5. The molecule has 17 heavy (non-hydrogen) atoms. The van der Waals surface area contributed by atoms with Gasteiger partial charge in [-0.05, 0) is 20.3 Å². The number of likely N-dealkylation sites (tertiary alicyclic amines) is 1. The highest BCUT2D eigenvalue weighted by atomic mass is 16.5. The summed E-state index contributed by atoms with van der Waals surface area (Å²) in [5, 5.41) is 0. The standard InChI is InChI=1S/C12H24N2O3/c1-12(2,13)6-5-11(15)14-7-9(16-3)10(8-14)17-4/h9-10H,5-8,13H2,1-4H3. The molecule has 0 spiro atoms. The first-order chi connectivity index (χ1) is 7.87. The average Bonchev–Trinajstić information content (AvgIpc) is 2.67. The van der Waals surface area contributed by atoms with Gasteiger partial charge < -0.3 is 20.1 Å². The zero-order chi connectivity index (χ0) is 13.1. The first-order valence-electron chi connectivity index (χ1n) is 5.99. The van der Waals surface area contributed by atoms with Crippen LogP contribution in [0.4, 0.5) is 0 Å². The Bertz CT molecular complexity index is 251. The third kappa shape index (κ3) is 4.26. The SMILES string of the molecule is COC1CN(C(=O)CCC(C)(C)N)CC1OC. The maximum atomic E-state index is 12.0. The highest BCUT2D eigenvalue weighted by Crippen LogP contribution is 2.18. The minimum Gasteiger partial charge on any atom is -0.377 e. The van der Waals surface area contributed by atoms with E-state index in [4.69, 9.17) is 15.2 Å². The van der Waals surface area contributed by atoms with Crippen LogP contribution in [0.3, 0.4) is 0 Å². The summed E-state index contributed by atoms with van der Waals surface area (Å²) in [5.74, 6) is 0.130. The van der Waals surface area contributed by atoms with Gasteiger partial charge in [0.05, 0.1) is 0 Å². The monoisotopic (exact) mass is 244 g/mol. The van der Waals surface area contributed by atoms with Crippen LogP contribution in [0.25, 0.3) is 0 Å². The van der Waals surface area contributed by atoms with E-state index in [2.05, 4.69) is 0 Å². The fourth-order valence-corrected chi connectivity index (χ4v) is 1.99. The van der Waals surface area contributed by atoms with Gasteiger partial charge in [0, 0.05) is 39.3 Å². The lowest BCUT2D eigenvalue weighted by atomic mass is 10.00. The molecule has 1 amide bonds. The van der Waals surface area contributed by atoms with Crippen LogP contribution in [-0.2, 0) is 14.3 Å². The first kappa shape index (κ1) is 14.4. The second-order valence-electron chi connectivity index (χ2n) is 5.34. The van der Waals surface area contributed by atoms with Gasteiger partial charge in [-0.3, -0.25) is 4.79 Å². The van der Waals surface area contributed by atoms with Crippen LogP contribution >= 0.6 is 0 Å². The summed E-state index contributed by atoms with van der Waals surface area (Å²) in [7, 11) is 3.29. The highest BCUT2D eigenvalue weighted by Gasteiger charge is 2.35. The summed E-state index contributed by atoms with van der Waals surface area (Å²) < 4.78 is 10.6. The molecule has 0 aromatic heterocycles. The van der Waals surface area contributed by atoms with Crippen molar-refractivity contribution in [2.75, 3.05) is 27.3 Å². The topological polar surface area (TPSA) is 64.8 Å². The van der Waals surface area contributed by atoms with Crippen LogP contribution in [0.5, 0.6) is 0 Å². The van der Waals surface area contributed by atoms with Gasteiger partial charge in [0.15, 0.2) is 0 Å². The van der Waals surface area contributed by atoms with Crippen molar-refractivity contribution in [1.29, 1.82) is 0 Å². The Morgan fingerprint density at radius 1 is 1.29 bits per heavy atom. The molecular formula is C12H24N2O3. The molecule has 1 aliphatic heterocycles. The van der Waals surface area contributed by atoms with Gasteiger partial charge in [0.25, 0.3) is 0 Å². The van der Waals surface area contributed by atoms with E-state index in [1.807, 2.05) is 13.8 Å². The molecule has 1 aliphatic rings. The van der Waals surface area contributed by atoms with Crippen LogP contribution in [0.15, 0.2) is 0 Å². The third-order valence-corrected chi connectivity index (χ3v) is 3.16. The molecule has 1 fully saturated rings. The van der Waals surface area contributed by atoms with Crippen LogP contribution < -0.4 is 5.73 Å². The van der Waals surface area contributed by atoms with Gasteiger partial charge in [-0.15, -0.1) is 0 Å². The summed E-state index contributed by atoms with van der Waals surface area (Å²) in [6, 6.07) is 0. The summed E-state index contributed by atoms with van der Waals surface area (Å²) in [6.07, 6.45) is 1.14. The minimum atomic E-state index is -0.295. The van der Waals surface area contributed by atoms with Crippen molar-refractivity contribution in [3.05, 3.63) is 0 Å². The predicted molar refractivity (Wildman–Crippen MR) is 65.7 cm³/mol. The van der Waals surface area contributed by atoms with E-state index in [0.717, 1.165) is 0 Å². The Morgan fingerprint density at radius 2 is 1.76 bits per heavy atom. The van der Waals surface area contributed by atoms with E-state index in [1.54, 1.807) is 19.1 Å². The van der Waals surface area contributed by atoms with Gasteiger partial charge in [0.1, 0.15) is 12.2 Å². The van der Waals surface area contributed by atoms with Crippen LogP contribution in [0.1, 0.15) is 26.7 Å². The molecular weight excluding hydrogens is 220 g/mol. The van der Waals surface area contributed by atoms with E-state index in [0.29, 0.717) is 25.9 Å². The maximum absolute atomic E-state index is 12.0. The van der Waals surface area contributed by atoms with Gasteiger partial charge in [-0.2, -0.15) is 0 Å². The van der Waals surface area contributed by atoms with Crippen molar-refractivity contribution >= 4 is 5.91 Å². The van der Waals surface area contributed by atoms with Crippen molar-refractivity contribution in [3.8, 4) is 0 Å². The Kier molecular flexibility index (Phi) is 4.91. The van der Waals surface area contributed by atoms with E-state index >= 15 is 0 Å². The van der Waals surface area contributed by atoms with E-state index < -0.39 is 0 Å². The molecule has 1 saturated heterocycles. The molecule has 5 nitrogen and oxygen atoms in total. The van der Waals surface area contributed by atoms with Gasteiger partial charge in [-0.1, -0.05) is 0 Å². The molecule has 0 aliphatic carbocycles. The Labute approximate surface area is 103 Å². The molecule has 2 atom stereocenters. The van der Waals surface area contributed by atoms with Crippen LogP contribution in [-0.4, -0.2) is 55.9 Å². The molecule has 1 heterocycles. The van der Waals surface area contributed by atoms with Crippen LogP contribution in [0, 0.1) is 0 Å². The number of hydrogen-bond donors (Lipinski definition) is 1. The molecule has 2 N–H and O–H groups in total. The fourth-order valence-electron chi connectivity index (χ4n) is 1.99. The van der Waals surface area contributed by atoms with Crippen molar-refractivity contribution in [1.82, 2.24) is 4.90 Å². The molecule has 5 heteroatoms. The molecule has 0 saturated carbocycles. The smallest absolute Gasteiger partial charge is 0.222 e. The van der Waals surface area contributed by atoms with E-state index in [9.17, 15) is 4.79 Å². The Hall–Kier alpha value is -0.650. The molecule has 2 unspecified atom stereocenters. The molecule has 0 aromatic rings. The minimum absolute atomic E-state index is 0.0187. The van der Waals surface area contributed by atoms with Crippen LogP contribution in [0.2, 0.25) is 0 Å². The maximum Gasteiger partial charge on any atom is 0.222 e. The number of nitrogens with zero attached hydrogens (tertiary/aromatic N) is 1. The quantitative estimate of drug-likeness (QED) is 0.759. The lowest BCUT2D eigenvalue weighted by Gasteiger charge is -2.21. The first-order valence-corrected chi connectivity index (χ1v) is 5.99. The molecule has 0 bridgehead atoms. The predicted octanol–water partition coefficient (Wildman–Crippen LogP) is 0.376. The number of methoxy groups -OCH3 is 2. The Balaban J connectivity index is 2.44.